The summed E-state index contributed by atoms with van der Waals surface area (Å²) >= 11 is 12.2. The molecule has 0 saturated heterocycles. The van der Waals surface area contributed by atoms with Crippen LogP contribution < -0.4 is 0 Å². The van der Waals surface area contributed by atoms with Gasteiger partial charge in [-0.15, -0.1) is 0 Å². The summed E-state index contributed by atoms with van der Waals surface area (Å²) in [6.07, 6.45) is 2.83. The predicted molar refractivity (Wildman–Crippen MR) is 154 cm³/mol. The fourth-order valence-electron chi connectivity index (χ4n) is 4.62. The number of carbonyl (C=O) groups excluding carboxylic acids is 2. The molecule has 0 saturated carbocycles. The van der Waals surface area contributed by atoms with Gasteiger partial charge in [0.2, 0.25) is 9.84 Å². The molecule has 0 amide bonds. The maximum atomic E-state index is 14.4. The van der Waals surface area contributed by atoms with Crippen LogP contribution in [0.25, 0.3) is 0 Å². The van der Waals surface area contributed by atoms with E-state index in [0.717, 1.165) is 0 Å². The Kier molecular flexibility index (Phi) is 8.44. The molecular weight excluding hydrogens is 559 g/mol. The van der Waals surface area contributed by atoms with E-state index in [1.54, 1.807) is 62.4 Å². The number of hydrazone groups is 2. The van der Waals surface area contributed by atoms with Crippen molar-refractivity contribution in [3.63, 3.8) is 0 Å². The predicted octanol–water partition coefficient (Wildman–Crippen LogP) is 5.52. The number of allylic oxidation sites excluding steroid dienone is 4. The number of rotatable bonds is 6. The highest BCUT2D eigenvalue weighted by atomic mass is 35.5. The van der Waals surface area contributed by atoms with E-state index in [9.17, 15) is 18.0 Å². The number of benzene rings is 2. The molecule has 2 aromatic carbocycles. The molecule has 0 spiro atoms. The Morgan fingerprint density at radius 1 is 0.718 bits per heavy atom. The van der Waals surface area contributed by atoms with Gasteiger partial charge in [0.1, 0.15) is 0 Å². The van der Waals surface area contributed by atoms with Crippen molar-refractivity contribution in [2.45, 2.75) is 39.5 Å². The maximum Gasteiger partial charge on any atom is 0.238 e. The highest BCUT2D eigenvalue weighted by molar-refractivity contribution is 8.19. The highest BCUT2D eigenvalue weighted by Crippen LogP contribution is 2.36. The topological polar surface area (TPSA) is 99.5 Å². The monoisotopic (exact) mass is 586 g/mol. The number of sulfone groups is 1. The van der Waals surface area contributed by atoms with Crippen LogP contribution in [0.5, 0.6) is 0 Å². The van der Waals surface area contributed by atoms with Crippen LogP contribution in [0.4, 0.5) is 0 Å². The maximum absolute atomic E-state index is 14.4. The second-order valence-corrected chi connectivity index (χ2v) is 12.3. The highest BCUT2D eigenvalue weighted by Gasteiger charge is 2.45. The van der Waals surface area contributed by atoms with Gasteiger partial charge in [0, 0.05) is 33.6 Å². The van der Waals surface area contributed by atoms with E-state index >= 15 is 0 Å². The average molecular weight is 588 g/mol. The molecule has 4 rings (SSSR count). The smallest absolute Gasteiger partial charge is 0.238 e. The summed E-state index contributed by atoms with van der Waals surface area (Å²) in [5.74, 6) is -1.60. The molecule has 0 aromatic heterocycles. The Morgan fingerprint density at radius 3 is 1.36 bits per heavy atom. The van der Waals surface area contributed by atoms with Crippen molar-refractivity contribution >= 4 is 54.7 Å². The Balaban J connectivity index is 1.85. The van der Waals surface area contributed by atoms with E-state index in [4.69, 9.17) is 23.2 Å². The number of halogens is 2. The summed E-state index contributed by atoms with van der Waals surface area (Å²) in [5.41, 5.74) is 2.48. The minimum Gasteiger partial charge on any atom is -0.295 e. The quantitative estimate of drug-likeness (QED) is 0.413. The molecule has 204 valence electrons. The van der Waals surface area contributed by atoms with Crippen molar-refractivity contribution in [2.24, 2.45) is 10.2 Å². The third-order valence-corrected chi connectivity index (χ3v) is 8.82. The third kappa shape index (κ3) is 6.32. The summed E-state index contributed by atoms with van der Waals surface area (Å²) in [4.78, 5) is 23.5. The van der Waals surface area contributed by atoms with Gasteiger partial charge in [-0.1, -0.05) is 47.5 Å². The fraction of sp³-hybridized carbons (Fsp3) is 0.286. The number of nitrogens with zero attached hydrogens (tertiary/aromatic N) is 4. The molecule has 2 aliphatic heterocycles. The lowest BCUT2D eigenvalue weighted by molar-refractivity contribution is -0.113. The lowest BCUT2D eigenvalue weighted by Gasteiger charge is -2.18. The summed E-state index contributed by atoms with van der Waals surface area (Å²) in [6, 6.07) is 13.9. The molecule has 39 heavy (non-hydrogen) atoms. The zero-order chi connectivity index (χ0) is 28.5. The number of hydrogen-bond donors (Lipinski definition) is 0. The van der Waals surface area contributed by atoms with Gasteiger partial charge in [-0.2, -0.15) is 10.2 Å². The van der Waals surface area contributed by atoms with E-state index in [-0.39, 0.29) is 34.7 Å². The lowest BCUT2D eigenvalue weighted by atomic mass is 10.0. The molecule has 0 aliphatic carbocycles. The van der Waals surface area contributed by atoms with Crippen LogP contribution in [0.15, 0.2) is 82.3 Å². The van der Waals surface area contributed by atoms with Gasteiger partial charge in [0.05, 0.1) is 24.9 Å². The van der Waals surface area contributed by atoms with E-state index < -0.39 is 21.7 Å². The number of ketones is 2. The van der Waals surface area contributed by atoms with Crippen molar-refractivity contribution in [2.75, 3.05) is 13.1 Å². The van der Waals surface area contributed by atoms with Gasteiger partial charge >= 0.3 is 0 Å². The molecule has 2 aromatic rings. The molecule has 11 heteroatoms. The Hall–Kier alpha value is -3.27. The van der Waals surface area contributed by atoms with Gasteiger partial charge < -0.3 is 0 Å². The van der Waals surface area contributed by atoms with E-state index in [2.05, 4.69) is 10.2 Å². The van der Waals surface area contributed by atoms with Gasteiger partial charge in [0.15, 0.2) is 21.7 Å². The van der Waals surface area contributed by atoms with Crippen LogP contribution in [0.2, 0.25) is 10.0 Å². The van der Waals surface area contributed by atoms with Crippen LogP contribution >= 0.6 is 23.2 Å². The Labute approximate surface area is 238 Å². The Morgan fingerprint density at radius 2 is 1.05 bits per heavy atom. The SMILES string of the molecule is CC(=O)/C=C(\C)N1CC(c2ccc(Cl)cc2)C(S(=O)(=O)C2=NN(/C(C)=C/C(C)=O)CC2c2ccc(Cl)cc2)=N1. The molecule has 0 radical (unpaired) electrons. The summed E-state index contributed by atoms with van der Waals surface area (Å²) in [7, 11) is -4.22. The standard InChI is InChI=1S/C28H28Cl2N4O4S/c1-17(13-19(3)35)33-15-25(21-5-9-23(29)10-6-21)27(31-33)39(37,38)28-26(22-7-11-24(30)12-8-22)16-34(32-28)18(2)14-20(4)36/h5-14,25-26H,15-16H2,1-4H3/b17-13+,18-14+. The first kappa shape index (κ1) is 28.7. The van der Waals surface area contributed by atoms with E-state index in [0.29, 0.717) is 32.6 Å². The summed E-state index contributed by atoms with van der Waals surface area (Å²) < 4.78 is 28.8. The molecule has 0 bridgehead atoms. The van der Waals surface area contributed by atoms with E-state index in [1.165, 1.54) is 36.0 Å². The molecule has 2 aliphatic rings. The van der Waals surface area contributed by atoms with Gasteiger partial charge in [-0.3, -0.25) is 19.6 Å². The second kappa shape index (κ2) is 11.5. The van der Waals surface area contributed by atoms with Crippen LogP contribution in [0.1, 0.15) is 50.7 Å². The zero-order valence-electron chi connectivity index (χ0n) is 21.9. The molecular formula is C28H28Cl2N4O4S. The first-order valence-electron chi connectivity index (χ1n) is 12.2. The van der Waals surface area contributed by atoms with Crippen LogP contribution in [-0.4, -0.2) is 53.2 Å². The third-order valence-electron chi connectivity index (χ3n) is 6.48. The van der Waals surface area contributed by atoms with Crippen LogP contribution in [-0.2, 0) is 19.4 Å². The number of hydrogen-bond acceptors (Lipinski definition) is 8. The van der Waals surface area contributed by atoms with Gasteiger partial charge in [0.25, 0.3) is 0 Å². The molecule has 0 fully saturated rings. The molecule has 8 nitrogen and oxygen atoms in total. The van der Waals surface area contributed by atoms with E-state index in [1.807, 2.05) is 0 Å². The van der Waals surface area contributed by atoms with Crippen molar-refractivity contribution in [1.82, 2.24) is 10.0 Å². The first-order chi connectivity index (χ1) is 18.4. The summed E-state index contributed by atoms with van der Waals surface area (Å²) in [6.45, 7) is 6.71. The molecule has 0 N–H and O–H groups in total. The fourth-order valence-corrected chi connectivity index (χ4v) is 6.67. The molecule has 2 unspecified atom stereocenters. The van der Waals surface area contributed by atoms with Crippen LogP contribution in [0, 0.1) is 0 Å². The first-order valence-corrected chi connectivity index (χ1v) is 14.5. The van der Waals surface area contributed by atoms with Crippen molar-refractivity contribution < 1.29 is 18.0 Å². The van der Waals surface area contributed by atoms with Crippen molar-refractivity contribution in [3.05, 3.63) is 93.2 Å². The number of carbonyl (C=O) groups is 2. The summed E-state index contributed by atoms with van der Waals surface area (Å²) in [5, 5.41) is 13.0. The second-order valence-electron chi connectivity index (χ2n) is 9.55. The largest absolute Gasteiger partial charge is 0.295 e. The van der Waals surface area contributed by atoms with Crippen LogP contribution in [0.3, 0.4) is 0 Å². The average Bonchev–Trinajstić information content (AvgIpc) is 3.51. The molecule has 2 atom stereocenters. The van der Waals surface area contributed by atoms with Crippen molar-refractivity contribution in [3.8, 4) is 0 Å². The van der Waals surface area contributed by atoms with Gasteiger partial charge in [-0.25, -0.2) is 8.42 Å². The minimum absolute atomic E-state index is 0.0751. The van der Waals surface area contributed by atoms with Crippen molar-refractivity contribution in [1.29, 1.82) is 0 Å². The minimum atomic E-state index is -4.22. The molecule has 2 heterocycles. The lowest BCUT2D eigenvalue weighted by Crippen LogP contribution is -2.31. The Bertz CT molecular complexity index is 1420. The van der Waals surface area contributed by atoms with Gasteiger partial charge in [-0.05, 0) is 63.1 Å². The normalized spacial score (nSPS) is 20.3. The zero-order valence-corrected chi connectivity index (χ0v) is 24.3.